The number of hydrogen-bond acceptors (Lipinski definition) is 3. The molecular formula is C21H27FIN3O2. The first-order valence-corrected chi connectivity index (χ1v) is 9.09. The monoisotopic (exact) mass is 499 g/mol. The lowest BCUT2D eigenvalue weighted by molar-refractivity contribution is -0.0172. The number of aliphatic imine (C=N–C) groups is 1. The third kappa shape index (κ3) is 5.81. The average Bonchev–Trinajstić information content (AvgIpc) is 2.65. The van der Waals surface area contributed by atoms with Crippen molar-refractivity contribution in [1.82, 2.24) is 10.6 Å². The van der Waals surface area contributed by atoms with Gasteiger partial charge in [-0.3, -0.25) is 4.99 Å². The van der Waals surface area contributed by atoms with E-state index in [1.807, 2.05) is 0 Å². The van der Waals surface area contributed by atoms with E-state index < -0.39 is 0 Å². The summed E-state index contributed by atoms with van der Waals surface area (Å²) < 4.78 is 24.6. The van der Waals surface area contributed by atoms with Crippen LogP contribution < -0.4 is 15.4 Å². The number of fused-ring (bicyclic) bond motifs is 1. The molecule has 0 aliphatic carbocycles. The fraction of sp³-hybridized carbons (Fsp3) is 0.381. The molecular weight excluding hydrogens is 472 g/mol. The maximum absolute atomic E-state index is 13.8. The Hall–Kier alpha value is -1.87. The lowest BCUT2D eigenvalue weighted by atomic mass is 10.1. The molecule has 0 fully saturated rings. The first kappa shape index (κ1) is 22.4. The third-order valence-electron chi connectivity index (χ3n) is 4.61. The van der Waals surface area contributed by atoms with Crippen LogP contribution in [0.4, 0.5) is 4.39 Å². The number of guanidine groups is 1. The predicted octanol–water partition coefficient (Wildman–Crippen LogP) is 3.83. The molecule has 3 rings (SSSR count). The molecule has 0 saturated heterocycles. The van der Waals surface area contributed by atoms with Crippen molar-refractivity contribution in [3.63, 3.8) is 0 Å². The topological polar surface area (TPSA) is 54.9 Å². The number of benzene rings is 2. The molecule has 1 heterocycles. The molecule has 0 unspecified atom stereocenters. The van der Waals surface area contributed by atoms with Crippen molar-refractivity contribution in [2.24, 2.45) is 4.99 Å². The van der Waals surface area contributed by atoms with Gasteiger partial charge in [-0.15, -0.1) is 24.0 Å². The average molecular weight is 499 g/mol. The fourth-order valence-electron chi connectivity index (χ4n) is 3.20. The van der Waals surface area contributed by atoms with Crippen LogP contribution in [0.2, 0.25) is 0 Å². The van der Waals surface area contributed by atoms with Crippen molar-refractivity contribution in [3.05, 3.63) is 64.0 Å². The second-order valence-corrected chi connectivity index (χ2v) is 6.70. The molecule has 28 heavy (non-hydrogen) atoms. The maximum Gasteiger partial charge on any atom is 0.191 e. The van der Waals surface area contributed by atoms with Crippen molar-refractivity contribution in [2.45, 2.75) is 33.4 Å². The number of ether oxygens (including phenoxy) is 2. The molecule has 2 aromatic rings. The molecule has 1 aliphatic heterocycles. The molecule has 0 spiro atoms. The van der Waals surface area contributed by atoms with E-state index in [-0.39, 0.29) is 36.6 Å². The Bertz CT molecular complexity index is 843. The van der Waals surface area contributed by atoms with E-state index in [0.29, 0.717) is 32.1 Å². The van der Waals surface area contributed by atoms with Gasteiger partial charge in [0.2, 0.25) is 0 Å². The SMILES string of the molecule is CN=C(NCCc1cc(F)cc2c1OCOC2)NCc1ccc(C)cc1C.I. The summed E-state index contributed by atoms with van der Waals surface area (Å²) in [7, 11) is 1.74. The van der Waals surface area contributed by atoms with Crippen molar-refractivity contribution in [3.8, 4) is 5.75 Å². The van der Waals surface area contributed by atoms with Gasteiger partial charge in [0.05, 0.1) is 6.61 Å². The first-order valence-electron chi connectivity index (χ1n) is 9.09. The number of nitrogens with zero attached hydrogens (tertiary/aromatic N) is 1. The second-order valence-electron chi connectivity index (χ2n) is 6.70. The smallest absolute Gasteiger partial charge is 0.191 e. The maximum atomic E-state index is 13.8. The lowest BCUT2D eigenvalue weighted by Gasteiger charge is -2.21. The Morgan fingerprint density at radius 1 is 1.14 bits per heavy atom. The van der Waals surface area contributed by atoms with E-state index in [0.717, 1.165) is 16.9 Å². The summed E-state index contributed by atoms with van der Waals surface area (Å²) in [5, 5.41) is 6.59. The molecule has 0 bridgehead atoms. The van der Waals surface area contributed by atoms with Crippen LogP contribution in [-0.2, 0) is 24.3 Å². The van der Waals surface area contributed by atoms with E-state index in [1.165, 1.54) is 28.8 Å². The van der Waals surface area contributed by atoms with Gasteiger partial charge in [-0.1, -0.05) is 23.8 Å². The third-order valence-corrected chi connectivity index (χ3v) is 4.61. The second kappa shape index (κ2) is 10.6. The van der Waals surface area contributed by atoms with Crippen molar-refractivity contribution >= 4 is 29.9 Å². The number of hydrogen-bond donors (Lipinski definition) is 2. The Balaban J connectivity index is 0.00000280. The van der Waals surface area contributed by atoms with E-state index in [9.17, 15) is 4.39 Å². The molecule has 1 aliphatic rings. The van der Waals surface area contributed by atoms with E-state index in [4.69, 9.17) is 9.47 Å². The van der Waals surface area contributed by atoms with E-state index in [2.05, 4.69) is 47.7 Å². The van der Waals surface area contributed by atoms with Crippen molar-refractivity contribution in [1.29, 1.82) is 0 Å². The highest BCUT2D eigenvalue weighted by molar-refractivity contribution is 14.0. The molecule has 0 aromatic heterocycles. The normalized spacial score (nSPS) is 13.2. The molecule has 5 nitrogen and oxygen atoms in total. The minimum atomic E-state index is -0.268. The zero-order valence-corrected chi connectivity index (χ0v) is 18.8. The van der Waals surface area contributed by atoms with Gasteiger partial charge in [0.1, 0.15) is 11.6 Å². The number of rotatable bonds is 5. The lowest BCUT2D eigenvalue weighted by Crippen LogP contribution is -2.38. The summed E-state index contributed by atoms with van der Waals surface area (Å²) >= 11 is 0. The summed E-state index contributed by atoms with van der Waals surface area (Å²) in [5.41, 5.74) is 5.34. The highest BCUT2D eigenvalue weighted by Gasteiger charge is 2.16. The van der Waals surface area contributed by atoms with E-state index in [1.54, 1.807) is 7.05 Å². The van der Waals surface area contributed by atoms with E-state index >= 15 is 0 Å². The van der Waals surface area contributed by atoms with Crippen LogP contribution in [0.1, 0.15) is 27.8 Å². The van der Waals surface area contributed by atoms with Gasteiger partial charge in [-0.2, -0.15) is 0 Å². The first-order chi connectivity index (χ1) is 13.1. The predicted molar refractivity (Wildman–Crippen MR) is 120 cm³/mol. The van der Waals surface area contributed by atoms with Crippen LogP contribution in [0, 0.1) is 19.7 Å². The van der Waals surface area contributed by atoms with Gasteiger partial charge in [-0.25, -0.2) is 4.39 Å². The summed E-state index contributed by atoms with van der Waals surface area (Å²) in [4.78, 5) is 4.26. The summed E-state index contributed by atoms with van der Waals surface area (Å²) in [6, 6.07) is 9.40. The number of nitrogens with one attached hydrogen (secondary N) is 2. The van der Waals surface area contributed by atoms with Crippen molar-refractivity contribution < 1.29 is 13.9 Å². The summed E-state index contributed by atoms with van der Waals surface area (Å²) in [6.07, 6.45) is 0.629. The Labute approximate surface area is 182 Å². The highest BCUT2D eigenvalue weighted by Crippen LogP contribution is 2.29. The zero-order chi connectivity index (χ0) is 19.2. The number of halogens is 2. The Morgan fingerprint density at radius 3 is 2.71 bits per heavy atom. The molecule has 0 radical (unpaired) electrons. The quantitative estimate of drug-likeness (QED) is 0.373. The molecule has 0 amide bonds. The fourth-order valence-corrected chi connectivity index (χ4v) is 3.20. The van der Waals surface area contributed by atoms with Crippen LogP contribution >= 0.6 is 24.0 Å². The van der Waals surface area contributed by atoms with Gasteiger partial charge >= 0.3 is 0 Å². The largest absolute Gasteiger partial charge is 0.467 e. The highest BCUT2D eigenvalue weighted by atomic mass is 127. The van der Waals surface area contributed by atoms with Gasteiger partial charge in [0.25, 0.3) is 0 Å². The zero-order valence-electron chi connectivity index (χ0n) is 16.5. The minimum absolute atomic E-state index is 0. The molecule has 0 atom stereocenters. The Kier molecular flexibility index (Phi) is 8.50. The number of aryl methyl sites for hydroxylation is 2. The molecule has 152 valence electrons. The molecule has 2 N–H and O–H groups in total. The van der Waals surface area contributed by atoms with Crippen molar-refractivity contribution in [2.75, 3.05) is 20.4 Å². The van der Waals surface area contributed by atoms with Gasteiger partial charge in [-0.05, 0) is 49.1 Å². The van der Waals surface area contributed by atoms with Gasteiger partial charge in [0.15, 0.2) is 12.8 Å². The molecule has 7 heteroatoms. The van der Waals surface area contributed by atoms with Crippen LogP contribution in [0.5, 0.6) is 5.75 Å². The van der Waals surface area contributed by atoms with Crippen LogP contribution in [0.25, 0.3) is 0 Å². The molecule has 0 saturated carbocycles. The standard InChI is InChI=1S/C21H26FN3O2.HI/c1-14-4-5-17(15(2)8-14)11-25-21(23-3)24-7-6-16-9-19(22)10-18-12-26-13-27-20(16)18;/h4-5,8-10H,6-7,11-13H2,1-3H3,(H2,23,24,25);1H. The van der Waals surface area contributed by atoms with Crippen LogP contribution in [-0.4, -0.2) is 26.3 Å². The van der Waals surface area contributed by atoms with Crippen LogP contribution in [0.15, 0.2) is 35.3 Å². The molecule has 2 aromatic carbocycles. The van der Waals surface area contributed by atoms with Crippen LogP contribution in [0.3, 0.4) is 0 Å². The summed E-state index contributed by atoms with van der Waals surface area (Å²) in [6.45, 7) is 6.10. The minimum Gasteiger partial charge on any atom is -0.467 e. The van der Waals surface area contributed by atoms with Gasteiger partial charge < -0.3 is 20.1 Å². The summed E-state index contributed by atoms with van der Waals surface area (Å²) in [5.74, 6) is 1.18. The Morgan fingerprint density at radius 2 is 1.96 bits per heavy atom. The van der Waals surface area contributed by atoms with Gasteiger partial charge in [0, 0.05) is 25.7 Å².